The van der Waals surface area contributed by atoms with Crippen LogP contribution < -0.4 is 14.4 Å². The Bertz CT molecular complexity index is 697. The number of aliphatic imine (C=N–C) groups is 1. The quantitative estimate of drug-likeness (QED) is 0.722. The molecule has 0 heterocycles. The molecule has 2 aromatic rings. The molecule has 0 spiro atoms. The second-order valence-electron chi connectivity index (χ2n) is 6.02. The Morgan fingerprint density at radius 1 is 1.16 bits per heavy atom. The van der Waals surface area contributed by atoms with Crippen molar-refractivity contribution in [2.75, 3.05) is 34.4 Å². The van der Waals surface area contributed by atoms with Crippen molar-refractivity contribution in [3.63, 3.8) is 0 Å². The first-order valence-electron chi connectivity index (χ1n) is 8.45. The lowest BCUT2D eigenvalue weighted by molar-refractivity contribution is -0.890. The number of phenols is 1. The highest BCUT2D eigenvalue weighted by atomic mass is 16.5. The van der Waals surface area contributed by atoms with E-state index in [1.807, 2.05) is 31.2 Å². The van der Waals surface area contributed by atoms with Crippen LogP contribution in [0.2, 0.25) is 0 Å². The molecule has 0 unspecified atom stereocenters. The van der Waals surface area contributed by atoms with Crippen LogP contribution in [0.3, 0.4) is 0 Å². The van der Waals surface area contributed by atoms with Gasteiger partial charge in [0, 0.05) is 17.3 Å². The fraction of sp³-hybridized carbons (Fsp3) is 0.350. The number of nitrogens with zero attached hydrogens (tertiary/aromatic N) is 1. The summed E-state index contributed by atoms with van der Waals surface area (Å²) in [5.74, 6) is 1.46. The van der Waals surface area contributed by atoms with Gasteiger partial charge in [0.15, 0.2) is 11.5 Å². The molecule has 2 aromatic carbocycles. The monoisotopic (exact) mass is 343 g/mol. The van der Waals surface area contributed by atoms with Crippen LogP contribution in [0, 0.1) is 0 Å². The Balaban J connectivity index is 2.13. The van der Waals surface area contributed by atoms with Crippen molar-refractivity contribution < 1.29 is 19.5 Å². The third kappa shape index (κ3) is 4.97. The third-order valence-electron chi connectivity index (χ3n) is 4.06. The van der Waals surface area contributed by atoms with E-state index in [0.717, 1.165) is 5.75 Å². The van der Waals surface area contributed by atoms with Crippen LogP contribution in [-0.2, 0) is 0 Å². The molecule has 134 valence electrons. The van der Waals surface area contributed by atoms with E-state index in [0.29, 0.717) is 24.5 Å². The maximum atomic E-state index is 10.2. The van der Waals surface area contributed by atoms with Crippen LogP contribution in [0.1, 0.15) is 24.1 Å². The molecule has 2 rings (SSSR count). The van der Waals surface area contributed by atoms with E-state index in [2.05, 4.69) is 31.2 Å². The Morgan fingerprint density at radius 3 is 2.48 bits per heavy atom. The molecule has 25 heavy (non-hydrogen) atoms. The minimum Gasteiger partial charge on any atom is -0.504 e. The van der Waals surface area contributed by atoms with Gasteiger partial charge in [0.2, 0.25) is 0 Å². The minimum absolute atomic E-state index is 0.131. The van der Waals surface area contributed by atoms with E-state index >= 15 is 0 Å². The summed E-state index contributed by atoms with van der Waals surface area (Å²) in [6.45, 7) is 3.02. The maximum absolute atomic E-state index is 10.2. The molecule has 1 atom stereocenters. The third-order valence-corrected chi connectivity index (χ3v) is 4.06. The second kappa shape index (κ2) is 9.08. The van der Waals surface area contributed by atoms with Crippen molar-refractivity contribution in [3.8, 4) is 17.2 Å². The molecule has 0 aliphatic heterocycles. The molecule has 0 aliphatic carbocycles. The molecule has 0 radical (unpaired) electrons. The SMILES string of the molecule is CCOc1cccc(C=NC[C@@H](c2ccc(OC)cc2)[NH+](C)C)c1O. The van der Waals surface area contributed by atoms with E-state index in [9.17, 15) is 5.11 Å². The number of nitrogens with one attached hydrogen (secondary N) is 1. The predicted molar refractivity (Wildman–Crippen MR) is 100 cm³/mol. The zero-order valence-electron chi connectivity index (χ0n) is 15.3. The summed E-state index contributed by atoms with van der Waals surface area (Å²) >= 11 is 0. The number of para-hydroxylation sites is 1. The fourth-order valence-corrected chi connectivity index (χ4v) is 2.63. The molecule has 5 nitrogen and oxygen atoms in total. The molecule has 0 amide bonds. The molecule has 0 saturated heterocycles. The summed E-state index contributed by atoms with van der Waals surface area (Å²) in [5, 5.41) is 10.2. The highest BCUT2D eigenvalue weighted by Crippen LogP contribution is 2.28. The first kappa shape index (κ1) is 18.8. The Kier molecular flexibility index (Phi) is 6.83. The number of quaternary nitrogens is 1. The van der Waals surface area contributed by atoms with Gasteiger partial charge in [-0.3, -0.25) is 4.99 Å². The minimum atomic E-state index is 0.131. The van der Waals surface area contributed by atoms with Gasteiger partial charge in [-0.2, -0.15) is 0 Å². The summed E-state index contributed by atoms with van der Waals surface area (Å²) in [5.41, 5.74) is 1.86. The lowest BCUT2D eigenvalue weighted by atomic mass is 10.1. The summed E-state index contributed by atoms with van der Waals surface area (Å²) < 4.78 is 10.6. The zero-order chi connectivity index (χ0) is 18.2. The van der Waals surface area contributed by atoms with Crippen molar-refractivity contribution in [3.05, 3.63) is 53.6 Å². The molecular formula is C20H27N2O3+. The largest absolute Gasteiger partial charge is 0.504 e. The summed E-state index contributed by atoms with van der Waals surface area (Å²) in [7, 11) is 5.88. The van der Waals surface area contributed by atoms with Crippen molar-refractivity contribution >= 4 is 6.21 Å². The molecule has 2 N–H and O–H groups in total. The molecule has 0 fully saturated rings. The van der Waals surface area contributed by atoms with Crippen molar-refractivity contribution in [2.45, 2.75) is 13.0 Å². The topological polar surface area (TPSA) is 55.5 Å². The van der Waals surface area contributed by atoms with Crippen molar-refractivity contribution in [1.29, 1.82) is 0 Å². The number of likely N-dealkylation sites (N-methyl/N-ethyl adjacent to an activating group) is 1. The number of hydrogen-bond donors (Lipinski definition) is 2. The van der Waals surface area contributed by atoms with Gasteiger partial charge >= 0.3 is 0 Å². The first-order chi connectivity index (χ1) is 12.1. The van der Waals surface area contributed by atoms with E-state index in [1.54, 1.807) is 19.4 Å². The Morgan fingerprint density at radius 2 is 1.88 bits per heavy atom. The number of ether oxygens (including phenoxy) is 2. The highest BCUT2D eigenvalue weighted by Gasteiger charge is 2.17. The standard InChI is InChI=1S/C20H26N2O3/c1-5-25-19-8-6-7-16(20(19)23)13-21-14-18(22(2)3)15-9-11-17(24-4)12-10-15/h6-13,18,23H,5,14H2,1-4H3/p+1/t18-/m0/s1. The van der Waals surface area contributed by atoms with Crippen molar-refractivity contribution in [2.24, 2.45) is 4.99 Å². The van der Waals surface area contributed by atoms with Crippen LogP contribution in [0.5, 0.6) is 17.2 Å². The van der Waals surface area contributed by atoms with E-state index < -0.39 is 0 Å². The van der Waals surface area contributed by atoms with Crippen molar-refractivity contribution in [1.82, 2.24) is 0 Å². The molecule has 0 aliphatic rings. The second-order valence-corrected chi connectivity index (χ2v) is 6.02. The van der Waals surface area contributed by atoms with Gasteiger partial charge in [-0.15, -0.1) is 0 Å². The Hall–Kier alpha value is -2.53. The smallest absolute Gasteiger partial charge is 0.166 e. The summed E-state index contributed by atoms with van der Waals surface area (Å²) in [4.78, 5) is 5.84. The van der Waals surface area contributed by atoms with Crippen LogP contribution in [0.4, 0.5) is 0 Å². The average Bonchev–Trinajstić information content (AvgIpc) is 2.61. The van der Waals surface area contributed by atoms with Crippen LogP contribution in [0.25, 0.3) is 0 Å². The lowest BCUT2D eigenvalue weighted by Gasteiger charge is -2.20. The van der Waals surface area contributed by atoms with E-state index in [4.69, 9.17) is 9.47 Å². The number of hydrogen-bond acceptors (Lipinski definition) is 4. The molecule has 0 saturated carbocycles. The van der Waals surface area contributed by atoms with Gasteiger partial charge in [0.1, 0.15) is 11.8 Å². The zero-order valence-corrected chi connectivity index (χ0v) is 15.3. The van der Waals surface area contributed by atoms with Crippen LogP contribution in [-0.4, -0.2) is 45.7 Å². The number of aromatic hydroxyl groups is 1. The number of methoxy groups -OCH3 is 1. The van der Waals surface area contributed by atoms with Gasteiger partial charge in [-0.25, -0.2) is 0 Å². The highest BCUT2D eigenvalue weighted by molar-refractivity contribution is 5.84. The molecule has 5 heteroatoms. The maximum Gasteiger partial charge on any atom is 0.166 e. The number of benzene rings is 2. The van der Waals surface area contributed by atoms with Crippen LogP contribution in [0.15, 0.2) is 47.5 Å². The average molecular weight is 343 g/mol. The molecule has 0 bridgehead atoms. The van der Waals surface area contributed by atoms with Gasteiger partial charge in [-0.05, 0) is 43.3 Å². The van der Waals surface area contributed by atoms with Crippen LogP contribution >= 0.6 is 0 Å². The summed E-state index contributed by atoms with van der Waals surface area (Å²) in [6.07, 6.45) is 1.71. The normalized spacial score (nSPS) is 12.5. The molecule has 0 aromatic heterocycles. The number of phenolic OH excluding ortho intramolecular Hbond substituents is 1. The lowest BCUT2D eigenvalue weighted by Crippen LogP contribution is -3.06. The fourth-order valence-electron chi connectivity index (χ4n) is 2.63. The summed E-state index contributed by atoms with van der Waals surface area (Å²) in [6, 6.07) is 13.7. The van der Waals surface area contributed by atoms with Gasteiger partial charge in [-0.1, -0.05) is 6.07 Å². The Labute approximate surface area is 149 Å². The first-order valence-corrected chi connectivity index (χ1v) is 8.45. The van der Waals surface area contributed by atoms with Gasteiger partial charge in [0.25, 0.3) is 0 Å². The predicted octanol–water partition coefficient (Wildman–Crippen LogP) is 2.10. The molecular weight excluding hydrogens is 316 g/mol. The van der Waals surface area contributed by atoms with Gasteiger partial charge < -0.3 is 19.5 Å². The van der Waals surface area contributed by atoms with E-state index in [-0.39, 0.29) is 11.8 Å². The number of rotatable bonds is 8. The van der Waals surface area contributed by atoms with E-state index in [1.165, 1.54) is 10.5 Å². The van der Waals surface area contributed by atoms with Gasteiger partial charge in [0.05, 0.1) is 34.4 Å².